The van der Waals surface area contributed by atoms with E-state index in [-0.39, 0.29) is 0 Å². The average Bonchev–Trinajstić information content (AvgIpc) is 2.62. The lowest BCUT2D eigenvalue weighted by Gasteiger charge is -2.12. The molecule has 2 aromatic carbocycles. The Balaban J connectivity index is 1.95. The average molecular weight is 330 g/mol. The minimum atomic E-state index is 0.801. The summed E-state index contributed by atoms with van der Waals surface area (Å²) in [6.07, 6.45) is 5.91. The lowest BCUT2D eigenvalue weighted by Crippen LogP contribution is -2.00. The van der Waals surface area contributed by atoms with Gasteiger partial charge in [0.15, 0.2) is 0 Å². The molecule has 0 atom stereocenters. The minimum Gasteiger partial charge on any atom is -0.330 e. The number of nitrogens with two attached hydrogens (primary N) is 1. The molecule has 0 saturated heterocycles. The van der Waals surface area contributed by atoms with Gasteiger partial charge in [0.25, 0.3) is 0 Å². The van der Waals surface area contributed by atoms with E-state index in [0.29, 0.717) is 0 Å². The van der Waals surface area contributed by atoms with E-state index < -0.39 is 0 Å². The van der Waals surface area contributed by atoms with Crippen LogP contribution in [0.2, 0.25) is 0 Å². The number of pyridine rings is 1. The zero-order valence-electron chi connectivity index (χ0n) is 15.4. The second-order valence-electron chi connectivity index (χ2n) is 6.96. The minimum absolute atomic E-state index is 0.801. The highest BCUT2D eigenvalue weighted by Gasteiger charge is 2.09. The summed E-state index contributed by atoms with van der Waals surface area (Å²) in [7, 11) is 2.12. The number of aryl methyl sites for hydroxylation is 2. The molecule has 0 fully saturated rings. The van der Waals surface area contributed by atoms with Crippen LogP contribution in [-0.2, 0) is 6.42 Å². The Labute approximate surface area is 151 Å². The zero-order chi connectivity index (χ0) is 17.6. The SMILES string of the molecule is Bc1ccc(-c2cc(CCCCCCN)c3cccc(C)c3n2)cc1. The van der Waals surface area contributed by atoms with Crippen LogP contribution in [0.3, 0.4) is 0 Å². The molecule has 0 radical (unpaired) electrons. The molecule has 2 nitrogen and oxygen atoms in total. The first-order valence-corrected chi connectivity index (χ1v) is 9.35. The van der Waals surface area contributed by atoms with Crippen molar-refractivity contribution in [2.45, 2.75) is 39.0 Å². The molecule has 1 aromatic heterocycles. The quantitative estimate of drug-likeness (QED) is 0.532. The van der Waals surface area contributed by atoms with Gasteiger partial charge >= 0.3 is 0 Å². The largest absolute Gasteiger partial charge is 0.330 e. The van der Waals surface area contributed by atoms with Crippen LogP contribution < -0.4 is 11.2 Å². The molecule has 0 amide bonds. The second-order valence-corrected chi connectivity index (χ2v) is 6.96. The molecule has 0 saturated carbocycles. The van der Waals surface area contributed by atoms with Crippen LogP contribution in [0.1, 0.15) is 36.8 Å². The molecular weight excluding hydrogens is 303 g/mol. The highest BCUT2D eigenvalue weighted by Crippen LogP contribution is 2.27. The molecule has 25 heavy (non-hydrogen) atoms. The van der Waals surface area contributed by atoms with Gasteiger partial charge in [-0.05, 0) is 49.9 Å². The topological polar surface area (TPSA) is 38.9 Å². The summed E-state index contributed by atoms with van der Waals surface area (Å²) in [5, 5.41) is 1.30. The van der Waals surface area contributed by atoms with Crippen molar-refractivity contribution in [1.29, 1.82) is 0 Å². The summed E-state index contributed by atoms with van der Waals surface area (Å²) in [4.78, 5) is 4.98. The maximum absolute atomic E-state index is 5.60. The van der Waals surface area contributed by atoms with Gasteiger partial charge in [0.2, 0.25) is 0 Å². The van der Waals surface area contributed by atoms with Gasteiger partial charge in [-0.2, -0.15) is 0 Å². The van der Waals surface area contributed by atoms with E-state index in [2.05, 4.69) is 63.3 Å². The summed E-state index contributed by atoms with van der Waals surface area (Å²) in [5.74, 6) is 0. The zero-order valence-corrected chi connectivity index (χ0v) is 15.4. The van der Waals surface area contributed by atoms with E-state index in [4.69, 9.17) is 10.7 Å². The number of fused-ring (bicyclic) bond motifs is 1. The Morgan fingerprint density at radius 2 is 1.72 bits per heavy atom. The van der Waals surface area contributed by atoms with Crippen molar-refractivity contribution in [2.75, 3.05) is 6.54 Å². The first-order valence-electron chi connectivity index (χ1n) is 9.35. The second kappa shape index (κ2) is 8.31. The van der Waals surface area contributed by atoms with Crippen LogP contribution in [0.5, 0.6) is 0 Å². The fourth-order valence-electron chi connectivity index (χ4n) is 3.35. The lowest BCUT2D eigenvalue weighted by atomic mass is 9.93. The van der Waals surface area contributed by atoms with Gasteiger partial charge in [0, 0.05) is 10.9 Å². The standard InChI is InChI=1S/C22H27BN2/c1-16-7-6-9-20-18(8-4-2-3-5-14-24)15-21(25-22(16)20)17-10-12-19(23)13-11-17/h6-7,9-13,15H,2-5,8,14,23-24H2,1H3. The fourth-order valence-corrected chi connectivity index (χ4v) is 3.35. The van der Waals surface area contributed by atoms with Crippen LogP contribution in [0, 0.1) is 6.92 Å². The molecule has 0 aliphatic carbocycles. The predicted octanol–water partition coefficient (Wildman–Crippen LogP) is 3.53. The molecule has 0 bridgehead atoms. The molecule has 0 unspecified atom stereocenters. The molecule has 2 N–H and O–H groups in total. The number of hydrogen-bond donors (Lipinski definition) is 1. The Bertz CT molecular complexity index is 841. The van der Waals surface area contributed by atoms with E-state index in [9.17, 15) is 0 Å². The molecule has 3 rings (SSSR count). The molecule has 0 aliphatic heterocycles. The third kappa shape index (κ3) is 4.29. The van der Waals surface area contributed by atoms with Crippen LogP contribution >= 0.6 is 0 Å². The molecule has 1 heterocycles. The van der Waals surface area contributed by atoms with Crippen LogP contribution in [0.4, 0.5) is 0 Å². The van der Waals surface area contributed by atoms with Crippen LogP contribution in [0.25, 0.3) is 22.2 Å². The summed E-state index contributed by atoms with van der Waals surface area (Å²) >= 11 is 0. The molecule has 3 aromatic rings. The van der Waals surface area contributed by atoms with Crippen molar-refractivity contribution in [1.82, 2.24) is 4.98 Å². The van der Waals surface area contributed by atoms with Gasteiger partial charge in [0.05, 0.1) is 11.2 Å². The molecule has 0 spiro atoms. The van der Waals surface area contributed by atoms with Gasteiger partial charge in [-0.3, -0.25) is 0 Å². The fraction of sp³-hybridized carbons (Fsp3) is 0.318. The first-order chi connectivity index (χ1) is 12.2. The smallest absolute Gasteiger partial charge is 0.139 e. The number of aromatic nitrogens is 1. The van der Waals surface area contributed by atoms with Gasteiger partial charge in [-0.1, -0.05) is 60.8 Å². The Morgan fingerprint density at radius 3 is 2.48 bits per heavy atom. The van der Waals surface area contributed by atoms with Crippen molar-refractivity contribution in [2.24, 2.45) is 5.73 Å². The number of hydrogen-bond acceptors (Lipinski definition) is 2. The Hall–Kier alpha value is -2.13. The molecule has 0 aliphatic rings. The van der Waals surface area contributed by atoms with Crippen molar-refractivity contribution < 1.29 is 0 Å². The molecular formula is C22H27BN2. The van der Waals surface area contributed by atoms with E-state index in [1.807, 2.05) is 0 Å². The van der Waals surface area contributed by atoms with Gasteiger partial charge in [0.1, 0.15) is 7.85 Å². The normalized spacial score (nSPS) is 11.1. The Morgan fingerprint density at radius 1 is 0.960 bits per heavy atom. The highest BCUT2D eigenvalue weighted by atomic mass is 14.7. The lowest BCUT2D eigenvalue weighted by molar-refractivity contribution is 0.648. The third-order valence-corrected chi connectivity index (χ3v) is 4.87. The van der Waals surface area contributed by atoms with E-state index in [1.54, 1.807) is 0 Å². The maximum atomic E-state index is 5.60. The monoisotopic (exact) mass is 330 g/mol. The first kappa shape index (κ1) is 17.7. The van der Waals surface area contributed by atoms with Crippen molar-refractivity contribution >= 4 is 24.2 Å². The maximum Gasteiger partial charge on any atom is 0.139 e. The summed E-state index contributed by atoms with van der Waals surface area (Å²) in [5.41, 5.74) is 13.0. The summed E-state index contributed by atoms with van der Waals surface area (Å²) in [6.45, 7) is 2.95. The third-order valence-electron chi connectivity index (χ3n) is 4.87. The number of unbranched alkanes of at least 4 members (excludes halogenated alkanes) is 3. The summed E-state index contributed by atoms with van der Waals surface area (Å²) in [6, 6.07) is 17.5. The van der Waals surface area contributed by atoms with Gasteiger partial charge in [-0.15, -0.1) is 0 Å². The predicted molar refractivity (Wildman–Crippen MR) is 111 cm³/mol. The van der Waals surface area contributed by atoms with E-state index >= 15 is 0 Å². The number of rotatable bonds is 7. The van der Waals surface area contributed by atoms with Crippen molar-refractivity contribution in [3.63, 3.8) is 0 Å². The number of para-hydroxylation sites is 1. The Kier molecular flexibility index (Phi) is 5.88. The number of nitrogens with zero attached hydrogens (tertiary/aromatic N) is 1. The molecule has 128 valence electrons. The highest BCUT2D eigenvalue weighted by molar-refractivity contribution is 6.32. The van der Waals surface area contributed by atoms with E-state index in [1.165, 1.54) is 46.8 Å². The molecule has 3 heteroatoms. The van der Waals surface area contributed by atoms with Crippen molar-refractivity contribution in [3.8, 4) is 11.3 Å². The van der Waals surface area contributed by atoms with E-state index in [0.717, 1.165) is 30.6 Å². The van der Waals surface area contributed by atoms with Gasteiger partial charge in [-0.25, -0.2) is 4.98 Å². The van der Waals surface area contributed by atoms with Gasteiger partial charge < -0.3 is 5.73 Å². The van der Waals surface area contributed by atoms with Crippen LogP contribution in [-0.4, -0.2) is 19.4 Å². The van der Waals surface area contributed by atoms with Crippen LogP contribution in [0.15, 0.2) is 48.5 Å². The summed E-state index contributed by atoms with van der Waals surface area (Å²) < 4.78 is 0. The number of benzene rings is 2. The van der Waals surface area contributed by atoms with Crippen molar-refractivity contribution in [3.05, 3.63) is 59.7 Å².